The Morgan fingerprint density at radius 2 is 1.90 bits per heavy atom. The maximum Gasteiger partial charge on any atom is 0.306 e. The zero-order valence-electron chi connectivity index (χ0n) is 19.4. The molecule has 3 heterocycles. The molecule has 0 radical (unpaired) electrons. The van der Waals surface area contributed by atoms with Gasteiger partial charge < -0.3 is 9.47 Å². The van der Waals surface area contributed by atoms with Gasteiger partial charge in [-0.2, -0.15) is 0 Å². The minimum Gasteiger partial charge on any atom is -0.458 e. The van der Waals surface area contributed by atoms with Crippen LogP contribution in [0.25, 0.3) is 6.08 Å². The maximum atomic E-state index is 12.7. The van der Waals surface area contributed by atoms with E-state index in [4.69, 9.17) is 9.47 Å². The first-order chi connectivity index (χ1) is 14.7. The Bertz CT molecular complexity index is 788. The van der Waals surface area contributed by atoms with Crippen LogP contribution >= 0.6 is 0 Å². The molecule has 0 aliphatic carbocycles. The van der Waals surface area contributed by atoms with Crippen molar-refractivity contribution in [2.45, 2.75) is 96.9 Å². The second-order valence-electron chi connectivity index (χ2n) is 10.1. The van der Waals surface area contributed by atoms with Gasteiger partial charge in [0.15, 0.2) is 0 Å². The molecule has 5 nitrogen and oxygen atoms in total. The van der Waals surface area contributed by atoms with Gasteiger partial charge in [0.2, 0.25) is 0 Å². The van der Waals surface area contributed by atoms with E-state index >= 15 is 0 Å². The number of rotatable bonds is 2. The van der Waals surface area contributed by atoms with Gasteiger partial charge in [-0.1, -0.05) is 39.7 Å². The van der Waals surface area contributed by atoms with Crippen LogP contribution in [0.2, 0.25) is 0 Å². The number of nitrogens with zero attached hydrogens (tertiary/aromatic N) is 1. The Hall–Kier alpha value is -2.01. The average Bonchev–Trinajstić information content (AvgIpc) is 3.37. The van der Waals surface area contributed by atoms with Crippen LogP contribution < -0.4 is 0 Å². The molecule has 0 spiro atoms. The molecule has 0 saturated carbocycles. The van der Waals surface area contributed by atoms with Crippen LogP contribution in [-0.4, -0.2) is 34.5 Å². The molecular weight excluding hydrogens is 390 g/mol. The first kappa shape index (κ1) is 23.6. The van der Waals surface area contributed by atoms with E-state index in [1.54, 1.807) is 6.20 Å². The van der Waals surface area contributed by atoms with Crippen LogP contribution in [0.15, 0.2) is 30.5 Å². The van der Waals surface area contributed by atoms with Crippen molar-refractivity contribution in [3.8, 4) is 0 Å². The van der Waals surface area contributed by atoms with Gasteiger partial charge >= 0.3 is 5.97 Å². The van der Waals surface area contributed by atoms with Crippen molar-refractivity contribution < 1.29 is 19.1 Å². The van der Waals surface area contributed by atoms with Crippen molar-refractivity contribution in [2.24, 2.45) is 11.3 Å². The number of cyclic esters (lactones) is 1. The van der Waals surface area contributed by atoms with Crippen LogP contribution in [0, 0.1) is 11.3 Å². The molecule has 2 fully saturated rings. The lowest BCUT2D eigenvalue weighted by Crippen LogP contribution is -2.27. The SMILES string of the molecule is CC1CCCC2(C)OC2CC(C=Cc2ccccn2)OC(=O)CCC(C)(C)C(=O)CC1. The number of aromatic nitrogens is 1. The standard InChI is InChI=1S/C26H37NO4/c1-19-8-7-15-26(4)23(31-26)18-21(12-11-20-9-5-6-17-27-20)30-24(29)14-16-25(2,3)22(28)13-10-19/h5-6,9,11-12,17,19,21,23H,7-8,10,13-16,18H2,1-4H3. The van der Waals surface area contributed by atoms with Gasteiger partial charge in [0.25, 0.3) is 0 Å². The van der Waals surface area contributed by atoms with E-state index in [-0.39, 0.29) is 36.0 Å². The normalized spacial score (nSPS) is 33.0. The molecule has 4 unspecified atom stereocenters. The monoisotopic (exact) mass is 427 g/mol. The number of ketones is 1. The number of epoxide rings is 1. The highest BCUT2D eigenvalue weighted by atomic mass is 16.6. The second kappa shape index (κ2) is 10.1. The topological polar surface area (TPSA) is 68.8 Å². The predicted molar refractivity (Wildman–Crippen MR) is 121 cm³/mol. The van der Waals surface area contributed by atoms with Crippen molar-refractivity contribution in [1.82, 2.24) is 4.98 Å². The zero-order valence-corrected chi connectivity index (χ0v) is 19.4. The molecule has 1 aromatic rings. The smallest absolute Gasteiger partial charge is 0.306 e. The summed E-state index contributed by atoms with van der Waals surface area (Å²) in [6.07, 6.45) is 11.3. The van der Waals surface area contributed by atoms with Gasteiger partial charge in [-0.3, -0.25) is 14.6 Å². The fraction of sp³-hybridized carbons (Fsp3) is 0.654. The average molecular weight is 428 g/mol. The number of Topliss-reactive ketones (excluding diaryl/α,β-unsaturated/α-hetero) is 1. The van der Waals surface area contributed by atoms with Crippen LogP contribution in [0.3, 0.4) is 0 Å². The minimum atomic E-state index is -0.507. The summed E-state index contributed by atoms with van der Waals surface area (Å²) < 4.78 is 11.9. The maximum absolute atomic E-state index is 12.7. The lowest BCUT2D eigenvalue weighted by molar-refractivity contribution is -0.148. The minimum absolute atomic E-state index is 0.0971. The Balaban J connectivity index is 1.71. The Morgan fingerprint density at radius 1 is 1.10 bits per heavy atom. The summed E-state index contributed by atoms with van der Waals surface area (Å²) in [4.78, 5) is 29.7. The fourth-order valence-corrected chi connectivity index (χ4v) is 4.31. The number of hydrogen-bond acceptors (Lipinski definition) is 5. The third-order valence-electron chi connectivity index (χ3n) is 6.88. The van der Waals surface area contributed by atoms with Crippen LogP contribution in [-0.2, 0) is 19.1 Å². The molecule has 4 atom stereocenters. The second-order valence-corrected chi connectivity index (χ2v) is 10.1. The molecule has 0 aromatic carbocycles. The van der Waals surface area contributed by atoms with Gasteiger partial charge in [-0.05, 0) is 56.4 Å². The Kier molecular flexibility index (Phi) is 7.68. The number of carbonyl (C=O) groups is 2. The van der Waals surface area contributed by atoms with E-state index in [1.165, 1.54) is 0 Å². The van der Waals surface area contributed by atoms with E-state index in [1.807, 2.05) is 44.2 Å². The molecule has 1 aromatic heterocycles. The first-order valence-corrected chi connectivity index (χ1v) is 11.7. The van der Waals surface area contributed by atoms with Crippen molar-refractivity contribution in [3.05, 3.63) is 36.2 Å². The van der Waals surface area contributed by atoms with Gasteiger partial charge in [0, 0.05) is 30.9 Å². The predicted octanol–water partition coefficient (Wildman–Crippen LogP) is 5.53. The van der Waals surface area contributed by atoms with Crippen molar-refractivity contribution in [3.63, 3.8) is 0 Å². The lowest BCUT2D eigenvalue weighted by Gasteiger charge is -2.24. The largest absolute Gasteiger partial charge is 0.458 e. The summed E-state index contributed by atoms with van der Waals surface area (Å²) in [5.41, 5.74) is 0.177. The highest BCUT2D eigenvalue weighted by molar-refractivity contribution is 5.84. The summed E-state index contributed by atoms with van der Waals surface area (Å²) in [5.74, 6) is 0.496. The number of carbonyl (C=O) groups excluding carboxylic acids is 2. The summed E-state index contributed by atoms with van der Waals surface area (Å²) in [6, 6.07) is 5.72. The van der Waals surface area contributed by atoms with Crippen molar-refractivity contribution in [1.29, 1.82) is 0 Å². The molecule has 0 amide bonds. The molecule has 31 heavy (non-hydrogen) atoms. The highest BCUT2D eigenvalue weighted by Gasteiger charge is 2.52. The number of esters is 1. The Morgan fingerprint density at radius 3 is 2.65 bits per heavy atom. The summed E-state index contributed by atoms with van der Waals surface area (Å²) in [5, 5.41) is 0. The number of pyridine rings is 1. The highest BCUT2D eigenvalue weighted by Crippen LogP contribution is 2.44. The molecule has 2 saturated heterocycles. The van der Waals surface area contributed by atoms with E-state index in [9.17, 15) is 9.59 Å². The molecule has 2 aliphatic rings. The van der Waals surface area contributed by atoms with Crippen LogP contribution in [0.4, 0.5) is 0 Å². The fourth-order valence-electron chi connectivity index (χ4n) is 4.31. The molecule has 0 N–H and O–H groups in total. The number of hydrogen-bond donors (Lipinski definition) is 0. The molecule has 5 heteroatoms. The molecule has 170 valence electrons. The molecule has 0 bridgehead atoms. The third kappa shape index (κ3) is 6.99. The third-order valence-corrected chi connectivity index (χ3v) is 6.88. The Labute approximate surface area is 186 Å². The van der Waals surface area contributed by atoms with Gasteiger partial charge in [-0.15, -0.1) is 0 Å². The van der Waals surface area contributed by atoms with Crippen molar-refractivity contribution >= 4 is 17.8 Å². The first-order valence-electron chi connectivity index (χ1n) is 11.7. The lowest BCUT2D eigenvalue weighted by atomic mass is 9.80. The summed E-state index contributed by atoms with van der Waals surface area (Å²) in [6.45, 7) is 8.27. The van der Waals surface area contributed by atoms with Crippen molar-refractivity contribution in [2.75, 3.05) is 0 Å². The van der Waals surface area contributed by atoms with Crippen LogP contribution in [0.1, 0.15) is 84.8 Å². The molecule has 2 aliphatic heterocycles. The van der Waals surface area contributed by atoms with Gasteiger partial charge in [0.1, 0.15) is 11.9 Å². The van der Waals surface area contributed by atoms with Gasteiger partial charge in [-0.25, -0.2) is 0 Å². The number of fused-ring (bicyclic) bond motifs is 1. The zero-order chi connectivity index (χ0) is 22.5. The van der Waals surface area contributed by atoms with E-state index in [0.717, 1.165) is 31.4 Å². The quantitative estimate of drug-likeness (QED) is 0.458. The van der Waals surface area contributed by atoms with E-state index in [0.29, 0.717) is 25.2 Å². The van der Waals surface area contributed by atoms with Gasteiger partial charge in [0.05, 0.1) is 17.4 Å². The van der Waals surface area contributed by atoms with E-state index in [2.05, 4.69) is 18.8 Å². The molecular formula is C26H37NO4. The van der Waals surface area contributed by atoms with Crippen LogP contribution in [0.5, 0.6) is 0 Å². The number of ether oxygens (including phenoxy) is 2. The summed E-state index contributed by atoms with van der Waals surface area (Å²) in [7, 11) is 0. The summed E-state index contributed by atoms with van der Waals surface area (Å²) >= 11 is 0. The van der Waals surface area contributed by atoms with E-state index < -0.39 is 5.41 Å². The molecule has 3 rings (SSSR count).